The molecule has 0 atom stereocenters. The lowest BCUT2D eigenvalue weighted by Crippen LogP contribution is -2.14. The summed E-state index contributed by atoms with van der Waals surface area (Å²) in [5.74, 6) is -0.919. The van der Waals surface area contributed by atoms with Gasteiger partial charge in [-0.15, -0.1) is 11.3 Å². The number of amides is 1. The maximum Gasteiger partial charge on any atom is 0.338 e. The van der Waals surface area contributed by atoms with Crippen LogP contribution in [0.5, 0.6) is 5.75 Å². The Balaban J connectivity index is 1.43. The lowest BCUT2D eigenvalue weighted by Gasteiger charge is -2.10. The van der Waals surface area contributed by atoms with Crippen molar-refractivity contribution in [2.75, 3.05) is 5.32 Å². The van der Waals surface area contributed by atoms with E-state index in [-0.39, 0.29) is 22.9 Å². The fourth-order valence-electron chi connectivity index (χ4n) is 3.18. The van der Waals surface area contributed by atoms with E-state index in [0.717, 1.165) is 16.0 Å². The van der Waals surface area contributed by atoms with Crippen molar-refractivity contribution in [2.24, 2.45) is 0 Å². The van der Waals surface area contributed by atoms with Crippen LogP contribution < -0.4 is 10.1 Å². The fraction of sp³-hybridized carbons (Fsp3) is 0.0800. The summed E-state index contributed by atoms with van der Waals surface area (Å²) < 4.78 is 5.80. The third-order valence-electron chi connectivity index (χ3n) is 4.88. The molecule has 0 aliphatic carbocycles. The number of nitrogens with zero attached hydrogens (tertiary/aromatic N) is 1. The van der Waals surface area contributed by atoms with Gasteiger partial charge >= 0.3 is 5.97 Å². The number of anilines is 1. The standard InChI is InChI=1S/C25H18Cl2N2O4S/c26-20-4-3-5-21(27)19(20)14-33-16-9-7-15(8-10-16)12-17-13-18(25(31)32)24(34-17)29-23(30)22-6-1-2-11-28-22/h1-11,13H,12,14H2,(H,29,30)(H,31,32). The Morgan fingerprint density at radius 2 is 1.74 bits per heavy atom. The van der Waals surface area contributed by atoms with E-state index in [2.05, 4.69) is 10.3 Å². The van der Waals surface area contributed by atoms with Gasteiger partial charge in [0.2, 0.25) is 0 Å². The molecule has 0 radical (unpaired) electrons. The van der Waals surface area contributed by atoms with Crippen LogP contribution in [0.3, 0.4) is 0 Å². The van der Waals surface area contributed by atoms with Crippen LogP contribution in [-0.2, 0) is 13.0 Å². The number of thiophene rings is 1. The van der Waals surface area contributed by atoms with Crippen molar-refractivity contribution >= 4 is 51.4 Å². The molecular formula is C25H18Cl2N2O4S. The molecule has 0 unspecified atom stereocenters. The minimum absolute atomic E-state index is 0.0425. The fourth-order valence-corrected chi connectivity index (χ4v) is 4.76. The Morgan fingerprint density at radius 3 is 2.38 bits per heavy atom. The summed E-state index contributed by atoms with van der Waals surface area (Å²) in [5.41, 5.74) is 1.93. The number of pyridine rings is 1. The highest BCUT2D eigenvalue weighted by Crippen LogP contribution is 2.31. The van der Waals surface area contributed by atoms with Crippen molar-refractivity contribution < 1.29 is 19.4 Å². The number of carboxylic acid groups (broad SMARTS) is 1. The van der Waals surface area contributed by atoms with Crippen LogP contribution in [0.25, 0.3) is 0 Å². The van der Waals surface area contributed by atoms with Crippen LogP contribution in [0.15, 0.2) is 72.9 Å². The molecule has 0 aliphatic heterocycles. The zero-order chi connectivity index (χ0) is 24.1. The zero-order valence-corrected chi connectivity index (χ0v) is 20.0. The van der Waals surface area contributed by atoms with Crippen molar-refractivity contribution in [1.29, 1.82) is 0 Å². The van der Waals surface area contributed by atoms with Crippen LogP contribution in [0.1, 0.15) is 36.9 Å². The van der Waals surface area contributed by atoms with Crippen molar-refractivity contribution in [2.45, 2.75) is 13.0 Å². The van der Waals surface area contributed by atoms with Crippen molar-refractivity contribution in [1.82, 2.24) is 4.98 Å². The van der Waals surface area contributed by atoms with E-state index in [1.54, 1.807) is 42.5 Å². The summed E-state index contributed by atoms with van der Waals surface area (Å²) in [6, 6.07) is 19.3. The number of halogens is 2. The average molecular weight is 513 g/mol. The number of carbonyl (C=O) groups is 2. The minimum Gasteiger partial charge on any atom is -0.489 e. The summed E-state index contributed by atoms with van der Waals surface area (Å²) in [5, 5.41) is 13.6. The number of aromatic nitrogens is 1. The van der Waals surface area contributed by atoms with Gasteiger partial charge in [0.15, 0.2) is 0 Å². The average Bonchev–Trinajstić information content (AvgIpc) is 3.22. The number of hydrogen-bond acceptors (Lipinski definition) is 5. The topological polar surface area (TPSA) is 88.5 Å². The van der Waals surface area contributed by atoms with Gasteiger partial charge in [0.05, 0.1) is 5.56 Å². The van der Waals surface area contributed by atoms with Crippen LogP contribution in [-0.4, -0.2) is 22.0 Å². The molecule has 4 rings (SSSR count). The van der Waals surface area contributed by atoms with Gasteiger partial charge in [0.1, 0.15) is 23.1 Å². The molecule has 6 nitrogen and oxygen atoms in total. The number of nitrogens with one attached hydrogen (secondary N) is 1. The number of carboxylic acids is 1. The molecule has 2 aromatic carbocycles. The first-order valence-corrected chi connectivity index (χ1v) is 11.7. The maximum absolute atomic E-state index is 12.4. The van der Waals surface area contributed by atoms with Gasteiger partial charge < -0.3 is 15.2 Å². The highest BCUT2D eigenvalue weighted by atomic mass is 35.5. The van der Waals surface area contributed by atoms with E-state index in [4.69, 9.17) is 27.9 Å². The zero-order valence-electron chi connectivity index (χ0n) is 17.6. The van der Waals surface area contributed by atoms with E-state index in [1.165, 1.54) is 17.5 Å². The van der Waals surface area contributed by atoms with Crippen LogP contribution in [0.2, 0.25) is 10.0 Å². The number of benzene rings is 2. The van der Waals surface area contributed by atoms with Gasteiger partial charge in [0.25, 0.3) is 5.91 Å². The lowest BCUT2D eigenvalue weighted by atomic mass is 10.1. The molecule has 0 bridgehead atoms. The molecule has 0 fully saturated rings. The van der Waals surface area contributed by atoms with Crippen LogP contribution >= 0.6 is 34.5 Å². The van der Waals surface area contributed by atoms with Gasteiger partial charge in [-0.1, -0.05) is 47.5 Å². The number of ether oxygens (including phenoxy) is 1. The summed E-state index contributed by atoms with van der Waals surface area (Å²) in [6.07, 6.45) is 2.00. The van der Waals surface area contributed by atoms with E-state index in [0.29, 0.717) is 22.2 Å². The normalized spacial score (nSPS) is 10.6. The second-order valence-electron chi connectivity index (χ2n) is 7.24. The number of rotatable bonds is 8. The molecular weight excluding hydrogens is 495 g/mol. The highest BCUT2D eigenvalue weighted by molar-refractivity contribution is 7.16. The van der Waals surface area contributed by atoms with Gasteiger partial charge in [-0.3, -0.25) is 9.78 Å². The van der Waals surface area contributed by atoms with E-state index < -0.39 is 11.9 Å². The molecule has 0 saturated heterocycles. The van der Waals surface area contributed by atoms with E-state index >= 15 is 0 Å². The Labute approximate surface area is 209 Å². The van der Waals surface area contributed by atoms with Crippen LogP contribution in [0, 0.1) is 0 Å². The minimum atomic E-state index is -1.11. The molecule has 2 aromatic heterocycles. The lowest BCUT2D eigenvalue weighted by molar-refractivity contribution is 0.0698. The highest BCUT2D eigenvalue weighted by Gasteiger charge is 2.18. The molecule has 2 heterocycles. The molecule has 0 aliphatic rings. The summed E-state index contributed by atoms with van der Waals surface area (Å²) in [7, 11) is 0. The molecule has 0 spiro atoms. The molecule has 172 valence electrons. The van der Waals surface area contributed by atoms with Gasteiger partial charge in [0, 0.05) is 33.1 Å². The molecule has 34 heavy (non-hydrogen) atoms. The molecule has 1 amide bonds. The SMILES string of the molecule is O=C(Nc1sc(Cc2ccc(OCc3c(Cl)cccc3Cl)cc2)cc1C(=O)O)c1ccccn1. The van der Waals surface area contributed by atoms with Crippen molar-refractivity contribution in [3.63, 3.8) is 0 Å². The Morgan fingerprint density at radius 1 is 1.00 bits per heavy atom. The van der Waals surface area contributed by atoms with Crippen molar-refractivity contribution in [3.8, 4) is 5.75 Å². The Bertz CT molecular complexity index is 1300. The van der Waals surface area contributed by atoms with Gasteiger partial charge in [-0.05, 0) is 48.0 Å². The third kappa shape index (κ3) is 5.75. The summed E-state index contributed by atoms with van der Waals surface area (Å²) in [6.45, 7) is 0.240. The predicted molar refractivity (Wildman–Crippen MR) is 134 cm³/mol. The second kappa shape index (κ2) is 10.7. The predicted octanol–water partition coefficient (Wildman–Crippen LogP) is 6.57. The van der Waals surface area contributed by atoms with Gasteiger partial charge in [-0.2, -0.15) is 0 Å². The molecule has 9 heteroatoms. The second-order valence-corrected chi connectivity index (χ2v) is 9.19. The summed E-state index contributed by atoms with van der Waals surface area (Å²) >= 11 is 13.6. The first-order valence-electron chi connectivity index (χ1n) is 10.1. The number of carbonyl (C=O) groups excluding carboxylic acids is 1. The number of hydrogen-bond donors (Lipinski definition) is 2. The Kier molecular flexibility index (Phi) is 7.47. The largest absolute Gasteiger partial charge is 0.489 e. The smallest absolute Gasteiger partial charge is 0.338 e. The molecule has 4 aromatic rings. The summed E-state index contributed by atoms with van der Waals surface area (Å²) in [4.78, 5) is 28.9. The van der Waals surface area contributed by atoms with Crippen LogP contribution in [0.4, 0.5) is 5.00 Å². The monoisotopic (exact) mass is 512 g/mol. The van der Waals surface area contributed by atoms with Crippen molar-refractivity contribution in [3.05, 3.63) is 110 Å². The quantitative estimate of drug-likeness (QED) is 0.278. The van der Waals surface area contributed by atoms with E-state index in [9.17, 15) is 14.7 Å². The first-order chi connectivity index (χ1) is 16.4. The Hall–Kier alpha value is -3.39. The van der Waals surface area contributed by atoms with Gasteiger partial charge in [-0.25, -0.2) is 4.79 Å². The number of aromatic carboxylic acids is 1. The third-order valence-corrected chi connectivity index (χ3v) is 6.64. The maximum atomic E-state index is 12.4. The first kappa shape index (κ1) is 23.8. The molecule has 2 N–H and O–H groups in total. The molecule has 0 saturated carbocycles. The van der Waals surface area contributed by atoms with E-state index in [1.807, 2.05) is 24.3 Å².